The predicted molar refractivity (Wildman–Crippen MR) is 75.1 cm³/mol. The van der Waals surface area contributed by atoms with Crippen LogP contribution in [0.15, 0.2) is 18.2 Å². The number of nitrogens with zero attached hydrogens (tertiary/aromatic N) is 1. The van der Waals surface area contributed by atoms with E-state index < -0.39 is 5.92 Å². The molecule has 1 aromatic rings. The SMILES string of the molecule is COc1cccc(C2CC(CN)CN2C)c1C(C)(F)F. The maximum atomic E-state index is 14.0. The van der Waals surface area contributed by atoms with Gasteiger partial charge >= 0.3 is 0 Å². The van der Waals surface area contributed by atoms with Gasteiger partial charge in [-0.3, -0.25) is 4.90 Å². The molecule has 0 bridgehead atoms. The third-order valence-corrected chi connectivity index (χ3v) is 4.04. The molecule has 0 spiro atoms. The second-order valence-electron chi connectivity index (χ2n) is 5.61. The summed E-state index contributed by atoms with van der Waals surface area (Å²) in [5.41, 5.74) is 6.36. The van der Waals surface area contributed by atoms with E-state index in [2.05, 4.69) is 4.90 Å². The van der Waals surface area contributed by atoms with E-state index in [1.54, 1.807) is 18.2 Å². The minimum Gasteiger partial charge on any atom is -0.496 e. The van der Waals surface area contributed by atoms with E-state index in [1.165, 1.54) is 7.11 Å². The first-order valence-electron chi connectivity index (χ1n) is 6.84. The highest BCUT2D eigenvalue weighted by atomic mass is 19.3. The number of halogens is 2. The van der Waals surface area contributed by atoms with Crippen LogP contribution >= 0.6 is 0 Å². The topological polar surface area (TPSA) is 38.5 Å². The van der Waals surface area contributed by atoms with Crippen molar-refractivity contribution in [1.29, 1.82) is 0 Å². The molecule has 1 aromatic carbocycles. The highest BCUT2D eigenvalue weighted by molar-refractivity contribution is 5.45. The molecular weight excluding hydrogens is 262 g/mol. The molecule has 0 amide bonds. The summed E-state index contributed by atoms with van der Waals surface area (Å²) in [5, 5.41) is 0. The molecule has 2 N–H and O–H groups in total. The highest BCUT2D eigenvalue weighted by Crippen LogP contribution is 2.44. The van der Waals surface area contributed by atoms with Crippen LogP contribution in [-0.2, 0) is 5.92 Å². The fraction of sp³-hybridized carbons (Fsp3) is 0.600. The average molecular weight is 284 g/mol. The van der Waals surface area contributed by atoms with Crippen molar-refractivity contribution in [3.05, 3.63) is 29.3 Å². The number of hydrogen-bond donors (Lipinski definition) is 1. The first-order chi connectivity index (χ1) is 9.38. The van der Waals surface area contributed by atoms with E-state index >= 15 is 0 Å². The van der Waals surface area contributed by atoms with Gasteiger partial charge in [0.05, 0.1) is 12.7 Å². The highest BCUT2D eigenvalue weighted by Gasteiger charge is 2.38. The smallest absolute Gasteiger partial charge is 0.274 e. The summed E-state index contributed by atoms with van der Waals surface area (Å²) >= 11 is 0. The summed E-state index contributed by atoms with van der Waals surface area (Å²) in [5.74, 6) is -2.32. The Bertz CT molecular complexity index is 473. The summed E-state index contributed by atoms with van der Waals surface area (Å²) in [6.07, 6.45) is 0.809. The Kier molecular flexibility index (Phi) is 4.30. The quantitative estimate of drug-likeness (QED) is 0.924. The fourth-order valence-corrected chi connectivity index (χ4v) is 3.11. The van der Waals surface area contributed by atoms with Crippen molar-refractivity contribution in [3.63, 3.8) is 0 Å². The van der Waals surface area contributed by atoms with Gasteiger partial charge in [-0.05, 0) is 37.6 Å². The molecule has 20 heavy (non-hydrogen) atoms. The lowest BCUT2D eigenvalue weighted by Gasteiger charge is -2.26. The summed E-state index contributed by atoms with van der Waals surface area (Å²) in [6.45, 7) is 2.35. The van der Waals surface area contributed by atoms with Gasteiger partial charge < -0.3 is 10.5 Å². The van der Waals surface area contributed by atoms with Gasteiger partial charge in [0.2, 0.25) is 0 Å². The van der Waals surface area contributed by atoms with Crippen molar-refractivity contribution < 1.29 is 13.5 Å². The molecule has 2 atom stereocenters. The van der Waals surface area contributed by atoms with E-state index in [-0.39, 0.29) is 17.4 Å². The van der Waals surface area contributed by atoms with Crippen molar-refractivity contribution in [1.82, 2.24) is 4.90 Å². The number of hydrogen-bond acceptors (Lipinski definition) is 3. The predicted octanol–water partition coefficient (Wildman–Crippen LogP) is 2.76. The fourth-order valence-electron chi connectivity index (χ4n) is 3.11. The molecule has 1 saturated heterocycles. The Hall–Kier alpha value is -1.20. The number of alkyl halides is 2. The first-order valence-corrected chi connectivity index (χ1v) is 6.84. The zero-order chi connectivity index (χ0) is 14.9. The minimum absolute atomic E-state index is 0.00276. The molecule has 0 aromatic heterocycles. The number of methoxy groups -OCH3 is 1. The standard InChI is InChI=1S/C15H22F2N2O/c1-15(16,17)14-11(5-4-6-13(14)20-3)12-7-10(8-18)9-19(12)2/h4-6,10,12H,7-9,18H2,1-3H3. The Morgan fingerprint density at radius 2 is 2.15 bits per heavy atom. The summed E-state index contributed by atoms with van der Waals surface area (Å²) in [7, 11) is 3.38. The Morgan fingerprint density at radius 3 is 2.65 bits per heavy atom. The lowest BCUT2D eigenvalue weighted by atomic mass is 9.92. The normalized spacial score (nSPS) is 24.1. The van der Waals surface area contributed by atoms with Gasteiger partial charge in [0.25, 0.3) is 5.92 Å². The Balaban J connectivity index is 2.47. The van der Waals surface area contributed by atoms with Crippen LogP contribution in [0.2, 0.25) is 0 Å². The molecule has 0 radical (unpaired) electrons. The largest absolute Gasteiger partial charge is 0.496 e. The molecule has 0 aliphatic carbocycles. The van der Waals surface area contributed by atoms with Crippen LogP contribution in [0.4, 0.5) is 8.78 Å². The van der Waals surface area contributed by atoms with Crippen molar-refractivity contribution in [3.8, 4) is 5.75 Å². The van der Waals surface area contributed by atoms with Gasteiger partial charge in [0, 0.05) is 19.5 Å². The molecule has 3 nitrogen and oxygen atoms in total. The lowest BCUT2D eigenvalue weighted by molar-refractivity contribution is 0.0130. The summed E-state index contributed by atoms with van der Waals surface area (Å²) < 4.78 is 33.1. The maximum absolute atomic E-state index is 14.0. The van der Waals surface area contributed by atoms with Gasteiger partial charge in [0.1, 0.15) is 5.75 Å². The van der Waals surface area contributed by atoms with E-state index in [4.69, 9.17) is 10.5 Å². The summed E-state index contributed by atoms with van der Waals surface area (Å²) in [4.78, 5) is 2.10. The van der Waals surface area contributed by atoms with E-state index in [1.807, 2.05) is 7.05 Å². The van der Waals surface area contributed by atoms with Crippen LogP contribution in [0.25, 0.3) is 0 Å². The van der Waals surface area contributed by atoms with Gasteiger partial charge in [-0.1, -0.05) is 12.1 Å². The van der Waals surface area contributed by atoms with Gasteiger partial charge in [-0.25, -0.2) is 8.78 Å². The van der Waals surface area contributed by atoms with Crippen LogP contribution in [0, 0.1) is 5.92 Å². The van der Waals surface area contributed by atoms with Crippen molar-refractivity contribution >= 4 is 0 Å². The van der Waals surface area contributed by atoms with Crippen molar-refractivity contribution in [2.45, 2.75) is 25.3 Å². The van der Waals surface area contributed by atoms with Crippen LogP contribution in [0.5, 0.6) is 5.75 Å². The van der Waals surface area contributed by atoms with Crippen LogP contribution in [-0.4, -0.2) is 32.1 Å². The number of ether oxygens (including phenoxy) is 1. The molecule has 112 valence electrons. The molecule has 1 aliphatic rings. The van der Waals surface area contributed by atoms with Crippen LogP contribution in [0.1, 0.15) is 30.5 Å². The Labute approximate surface area is 118 Å². The van der Waals surface area contributed by atoms with E-state index in [0.29, 0.717) is 18.0 Å². The number of rotatable bonds is 4. The van der Waals surface area contributed by atoms with Crippen LogP contribution in [0.3, 0.4) is 0 Å². The maximum Gasteiger partial charge on any atom is 0.274 e. The second kappa shape index (κ2) is 5.66. The average Bonchev–Trinajstić information content (AvgIpc) is 2.78. The lowest BCUT2D eigenvalue weighted by Crippen LogP contribution is -2.23. The number of nitrogens with two attached hydrogens (primary N) is 1. The molecule has 2 unspecified atom stereocenters. The molecule has 1 aliphatic heterocycles. The van der Waals surface area contributed by atoms with Crippen molar-refractivity contribution in [2.24, 2.45) is 11.7 Å². The zero-order valence-corrected chi connectivity index (χ0v) is 12.2. The van der Waals surface area contributed by atoms with Gasteiger partial charge in [-0.2, -0.15) is 0 Å². The molecule has 0 saturated carbocycles. The van der Waals surface area contributed by atoms with E-state index in [0.717, 1.165) is 19.9 Å². The number of likely N-dealkylation sites (tertiary alicyclic amines) is 1. The Morgan fingerprint density at radius 1 is 1.45 bits per heavy atom. The first kappa shape index (κ1) is 15.2. The molecular formula is C15H22F2N2O. The van der Waals surface area contributed by atoms with E-state index in [9.17, 15) is 8.78 Å². The minimum atomic E-state index is -2.93. The second-order valence-corrected chi connectivity index (χ2v) is 5.61. The summed E-state index contributed by atoms with van der Waals surface area (Å²) in [6, 6.07) is 5.10. The zero-order valence-electron chi connectivity index (χ0n) is 12.2. The van der Waals surface area contributed by atoms with Crippen LogP contribution < -0.4 is 10.5 Å². The monoisotopic (exact) mass is 284 g/mol. The van der Waals surface area contributed by atoms with Gasteiger partial charge in [-0.15, -0.1) is 0 Å². The number of benzene rings is 1. The molecule has 5 heteroatoms. The molecule has 1 fully saturated rings. The van der Waals surface area contributed by atoms with Gasteiger partial charge in [0.15, 0.2) is 0 Å². The third kappa shape index (κ3) is 2.79. The molecule has 2 rings (SSSR count). The van der Waals surface area contributed by atoms with Crippen molar-refractivity contribution in [2.75, 3.05) is 27.2 Å². The third-order valence-electron chi connectivity index (χ3n) is 4.04. The molecule has 1 heterocycles.